The molecule has 0 bridgehead atoms. The van der Waals surface area contributed by atoms with Gasteiger partial charge in [-0.2, -0.15) is 18.0 Å². The Morgan fingerprint density at radius 3 is 2.47 bits per heavy atom. The molecule has 0 radical (unpaired) electrons. The van der Waals surface area contributed by atoms with Gasteiger partial charge in [-0.15, -0.1) is 0 Å². The monoisotopic (exact) mass is 774 g/mol. The molecule has 2 aliphatic rings. The summed E-state index contributed by atoms with van der Waals surface area (Å²) >= 11 is 0. The Balaban J connectivity index is 1.07. The Kier molecular flexibility index (Phi) is 12.7. The standard InChI is InChI=1S/C39H51FN10O4S/c1-6-49(27(2)3)39(51)34-21-30(40)8-10-36(34)54-37-24-43-26-44-38(37)45-31-11-13-47(14-12-31)25-29-7-9-35-33(28(29)4)22-32(23-41)50(35)20-17-46-15-18-48(19-16-46)55(52,53)42-5/h7-10,21-22,24,26-27,31,42H,6,11-20,25H2,1-5H3,(H,43,44,45). The van der Waals surface area contributed by atoms with Gasteiger partial charge in [0.15, 0.2) is 11.6 Å². The Morgan fingerprint density at radius 1 is 1.05 bits per heavy atom. The van der Waals surface area contributed by atoms with Crippen molar-refractivity contribution in [3.63, 3.8) is 0 Å². The molecule has 2 aromatic heterocycles. The highest BCUT2D eigenvalue weighted by Gasteiger charge is 2.27. The van der Waals surface area contributed by atoms with E-state index in [1.165, 1.54) is 41.4 Å². The van der Waals surface area contributed by atoms with E-state index < -0.39 is 16.0 Å². The van der Waals surface area contributed by atoms with Gasteiger partial charge < -0.3 is 19.5 Å². The fourth-order valence-corrected chi connectivity index (χ4v) is 8.44. The first-order chi connectivity index (χ1) is 26.4. The van der Waals surface area contributed by atoms with Gasteiger partial charge in [-0.25, -0.2) is 19.1 Å². The van der Waals surface area contributed by atoms with Gasteiger partial charge in [0.25, 0.3) is 16.1 Å². The average molecular weight is 775 g/mol. The molecule has 6 rings (SSSR count). The van der Waals surface area contributed by atoms with Crippen LogP contribution in [-0.4, -0.2) is 119 Å². The Hall–Kier alpha value is -4.66. The molecule has 0 atom stereocenters. The summed E-state index contributed by atoms with van der Waals surface area (Å²) < 4.78 is 50.8. The first-order valence-corrected chi connectivity index (χ1v) is 20.4. The van der Waals surface area contributed by atoms with Crippen LogP contribution in [0.1, 0.15) is 60.8 Å². The number of piperazine rings is 1. The second kappa shape index (κ2) is 17.4. The van der Waals surface area contributed by atoms with E-state index in [1.54, 1.807) is 11.1 Å². The lowest BCUT2D eigenvalue weighted by atomic mass is 10.0. The summed E-state index contributed by atoms with van der Waals surface area (Å²) in [7, 11) is -2.00. The topological polar surface area (TPSA) is 152 Å². The predicted octanol–water partition coefficient (Wildman–Crippen LogP) is 4.57. The number of carbonyl (C=O) groups is 1. The van der Waals surface area contributed by atoms with Gasteiger partial charge in [-0.3, -0.25) is 14.6 Å². The number of rotatable bonds is 14. The first-order valence-electron chi connectivity index (χ1n) is 18.9. The minimum Gasteiger partial charge on any atom is -0.451 e. The number of hydrogen-bond acceptors (Lipinski definition) is 10. The van der Waals surface area contributed by atoms with Crippen molar-refractivity contribution in [3.05, 3.63) is 77.1 Å². The van der Waals surface area contributed by atoms with E-state index in [0.29, 0.717) is 56.5 Å². The smallest absolute Gasteiger partial charge is 0.279 e. The minimum absolute atomic E-state index is 0.0634. The number of fused-ring (bicyclic) bond motifs is 1. The van der Waals surface area contributed by atoms with Gasteiger partial charge in [0.05, 0.1) is 11.8 Å². The van der Waals surface area contributed by atoms with E-state index in [1.807, 2.05) is 26.8 Å². The SMILES string of the molecule is CCN(C(=O)c1cc(F)ccc1Oc1cncnc1NC1CCN(Cc2ccc3c(cc(C#N)n3CCN3CCN(S(=O)(=O)NC)CC3)c2C)CC1)C(C)C. The predicted molar refractivity (Wildman–Crippen MR) is 210 cm³/mol. The van der Waals surface area contributed by atoms with Crippen molar-refractivity contribution in [2.75, 3.05) is 64.7 Å². The number of amides is 1. The molecule has 0 saturated carbocycles. The molecule has 0 unspecified atom stereocenters. The Bertz CT molecular complexity index is 2140. The molecule has 1 amide bonds. The fourth-order valence-electron chi connectivity index (χ4n) is 7.53. The minimum atomic E-state index is -3.42. The molecule has 2 aliphatic heterocycles. The third-order valence-electron chi connectivity index (χ3n) is 10.8. The normalized spacial score (nSPS) is 16.4. The zero-order valence-corrected chi connectivity index (χ0v) is 33.1. The Morgan fingerprint density at radius 2 is 1.80 bits per heavy atom. The van der Waals surface area contributed by atoms with E-state index in [9.17, 15) is 22.9 Å². The summed E-state index contributed by atoms with van der Waals surface area (Å²) in [4.78, 5) is 28.3. The van der Waals surface area contributed by atoms with E-state index in [0.717, 1.165) is 55.5 Å². The van der Waals surface area contributed by atoms with Crippen molar-refractivity contribution in [3.8, 4) is 17.6 Å². The molecular weight excluding hydrogens is 724 g/mol. The number of nitriles is 1. The molecule has 4 aromatic rings. The molecule has 2 saturated heterocycles. The number of nitrogens with zero attached hydrogens (tertiary/aromatic N) is 8. The summed E-state index contributed by atoms with van der Waals surface area (Å²) in [5.74, 6) is 0.274. The summed E-state index contributed by atoms with van der Waals surface area (Å²) in [6.07, 6.45) is 4.74. The van der Waals surface area contributed by atoms with Gasteiger partial charge in [-0.1, -0.05) is 6.07 Å². The number of nitrogens with one attached hydrogen (secondary N) is 2. The lowest BCUT2D eigenvalue weighted by Gasteiger charge is -2.33. The second-order valence-corrected chi connectivity index (χ2v) is 16.3. The molecular formula is C39H51FN10O4S. The number of halogens is 1. The lowest BCUT2D eigenvalue weighted by Crippen LogP contribution is -2.51. The Labute approximate surface area is 323 Å². The van der Waals surface area contributed by atoms with Crippen molar-refractivity contribution in [1.29, 1.82) is 5.26 Å². The number of carbonyl (C=O) groups excluding carboxylic acids is 1. The number of aryl methyl sites for hydroxylation is 1. The van der Waals surface area contributed by atoms with Crippen LogP contribution in [-0.2, 0) is 23.3 Å². The molecule has 2 fully saturated rings. The van der Waals surface area contributed by atoms with Crippen molar-refractivity contribution in [1.82, 2.24) is 38.3 Å². The van der Waals surface area contributed by atoms with Crippen LogP contribution in [0, 0.1) is 24.1 Å². The summed E-state index contributed by atoms with van der Waals surface area (Å²) in [6.45, 7) is 14.4. The van der Waals surface area contributed by atoms with Crippen LogP contribution in [0.5, 0.6) is 11.5 Å². The molecule has 4 heterocycles. The van der Waals surface area contributed by atoms with Crippen molar-refractivity contribution in [2.45, 2.75) is 65.7 Å². The van der Waals surface area contributed by atoms with Crippen LogP contribution >= 0.6 is 0 Å². The molecule has 2 aromatic carbocycles. The van der Waals surface area contributed by atoms with Crippen LogP contribution in [0.2, 0.25) is 0 Å². The van der Waals surface area contributed by atoms with Gasteiger partial charge in [-0.05, 0) is 82.0 Å². The first kappa shape index (κ1) is 40.0. The highest BCUT2D eigenvalue weighted by Crippen LogP contribution is 2.33. The van der Waals surface area contributed by atoms with Crippen molar-refractivity contribution >= 4 is 32.8 Å². The van der Waals surface area contributed by atoms with Crippen LogP contribution in [0.4, 0.5) is 10.2 Å². The molecule has 55 heavy (non-hydrogen) atoms. The molecule has 2 N–H and O–H groups in total. The van der Waals surface area contributed by atoms with Gasteiger partial charge in [0.1, 0.15) is 29.7 Å². The third-order valence-corrected chi connectivity index (χ3v) is 12.3. The summed E-state index contributed by atoms with van der Waals surface area (Å²) in [5.41, 5.74) is 4.17. The fraction of sp³-hybridized carbons (Fsp3) is 0.487. The molecule has 294 valence electrons. The maximum absolute atomic E-state index is 14.3. The van der Waals surface area contributed by atoms with Gasteiger partial charge in [0.2, 0.25) is 0 Å². The third kappa shape index (κ3) is 9.08. The van der Waals surface area contributed by atoms with Gasteiger partial charge >= 0.3 is 0 Å². The number of anilines is 1. The number of aromatic nitrogens is 3. The second-order valence-electron chi connectivity index (χ2n) is 14.4. The van der Waals surface area contributed by atoms with Crippen LogP contribution < -0.4 is 14.8 Å². The number of hydrogen-bond donors (Lipinski definition) is 2. The largest absolute Gasteiger partial charge is 0.451 e. The maximum Gasteiger partial charge on any atom is 0.279 e. The molecule has 0 spiro atoms. The number of ether oxygens (including phenoxy) is 1. The quantitative estimate of drug-likeness (QED) is 0.187. The number of benzene rings is 2. The van der Waals surface area contributed by atoms with E-state index >= 15 is 0 Å². The molecule has 14 nitrogen and oxygen atoms in total. The highest BCUT2D eigenvalue weighted by molar-refractivity contribution is 7.87. The zero-order chi connectivity index (χ0) is 39.3. The van der Waals surface area contributed by atoms with Crippen LogP contribution in [0.3, 0.4) is 0 Å². The average Bonchev–Trinajstić information content (AvgIpc) is 3.55. The van der Waals surface area contributed by atoms with E-state index in [2.05, 4.69) is 59.5 Å². The van der Waals surface area contributed by atoms with Crippen LogP contribution in [0.15, 0.2) is 48.9 Å². The number of piperidine rings is 1. The van der Waals surface area contributed by atoms with Crippen molar-refractivity contribution in [2.24, 2.45) is 0 Å². The lowest BCUT2D eigenvalue weighted by molar-refractivity contribution is 0.0713. The van der Waals surface area contributed by atoms with Crippen molar-refractivity contribution < 1.29 is 22.3 Å². The zero-order valence-electron chi connectivity index (χ0n) is 32.3. The molecule has 0 aliphatic carbocycles. The van der Waals surface area contributed by atoms with E-state index in [4.69, 9.17) is 4.74 Å². The number of likely N-dealkylation sites (tertiary alicyclic amines) is 1. The van der Waals surface area contributed by atoms with E-state index in [-0.39, 0.29) is 29.3 Å². The summed E-state index contributed by atoms with van der Waals surface area (Å²) in [5, 5.41) is 14.6. The highest BCUT2D eigenvalue weighted by atomic mass is 32.2. The van der Waals surface area contributed by atoms with Crippen LogP contribution in [0.25, 0.3) is 10.9 Å². The maximum atomic E-state index is 14.3. The summed E-state index contributed by atoms with van der Waals surface area (Å²) in [6, 6.07) is 12.7. The molecule has 16 heteroatoms. The van der Waals surface area contributed by atoms with Gasteiger partial charge in [0, 0.05) is 95.5 Å².